The summed E-state index contributed by atoms with van der Waals surface area (Å²) in [4.78, 5) is 4.28. The van der Waals surface area contributed by atoms with E-state index in [-0.39, 0.29) is 11.6 Å². The molecule has 0 spiro atoms. The Bertz CT molecular complexity index is 562. The highest BCUT2D eigenvalue weighted by Gasteiger charge is 2.04. The summed E-state index contributed by atoms with van der Waals surface area (Å²) in [6.45, 7) is 0.375. The highest BCUT2D eigenvalue weighted by molar-refractivity contribution is 7.09. The molecule has 0 N–H and O–H groups in total. The zero-order valence-corrected chi connectivity index (χ0v) is 10.4. The Balaban J connectivity index is 1.85. The number of rotatable bonds is 5. The van der Waals surface area contributed by atoms with E-state index in [0.29, 0.717) is 19.4 Å². The second-order valence-corrected chi connectivity index (χ2v) is 4.54. The normalized spacial score (nSPS) is 10.0. The molecule has 3 nitrogen and oxygen atoms in total. The summed E-state index contributed by atoms with van der Waals surface area (Å²) in [5.74, 6) is -0.104. The van der Waals surface area contributed by atoms with Gasteiger partial charge in [0.25, 0.3) is 0 Å². The van der Waals surface area contributed by atoms with Crippen molar-refractivity contribution in [3.05, 3.63) is 46.2 Å². The lowest BCUT2D eigenvalue weighted by Crippen LogP contribution is -2.02. The number of nitrogens with zero attached hydrogens (tertiary/aromatic N) is 2. The van der Waals surface area contributed by atoms with Crippen LogP contribution in [0.5, 0.6) is 5.75 Å². The maximum Gasteiger partial charge on any atom is 0.165 e. The quantitative estimate of drug-likeness (QED) is 0.832. The van der Waals surface area contributed by atoms with Crippen molar-refractivity contribution in [2.24, 2.45) is 0 Å². The zero-order chi connectivity index (χ0) is 12.8. The third-order valence-electron chi connectivity index (χ3n) is 2.27. The predicted molar refractivity (Wildman–Crippen MR) is 67.0 cm³/mol. The molecule has 0 atom stereocenters. The number of aromatic nitrogens is 1. The number of hydrogen-bond acceptors (Lipinski definition) is 4. The first-order chi connectivity index (χ1) is 8.79. The van der Waals surface area contributed by atoms with Crippen LogP contribution in [0.2, 0.25) is 0 Å². The molecular weight excluding hydrogens is 251 g/mol. The van der Waals surface area contributed by atoms with Gasteiger partial charge < -0.3 is 4.74 Å². The average molecular weight is 262 g/mol. The van der Waals surface area contributed by atoms with Gasteiger partial charge in [-0.1, -0.05) is 12.1 Å². The van der Waals surface area contributed by atoms with Crippen LogP contribution in [0.1, 0.15) is 10.7 Å². The Morgan fingerprint density at radius 1 is 1.39 bits per heavy atom. The summed E-state index contributed by atoms with van der Waals surface area (Å²) >= 11 is 1.49. The number of nitriles is 1. The van der Waals surface area contributed by atoms with Crippen molar-refractivity contribution >= 4 is 11.3 Å². The third kappa shape index (κ3) is 3.28. The molecule has 2 aromatic rings. The van der Waals surface area contributed by atoms with Gasteiger partial charge >= 0.3 is 0 Å². The zero-order valence-electron chi connectivity index (χ0n) is 9.60. The molecule has 92 valence electrons. The SMILES string of the molecule is N#CCc1csc(CCOc2ccccc2F)n1. The lowest BCUT2D eigenvalue weighted by molar-refractivity contribution is 0.305. The van der Waals surface area contributed by atoms with Gasteiger partial charge in [-0.05, 0) is 12.1 Å². The van der Waals surface area contributed by atoms with Gasteiger partial charge in [-0.25, -0.2) is 9.37 Å². The van der Waals surface area contributed by atoms with E-state index in [1.54, 1.807) is 18.2 Å². The number of halogens is 1. The van der Waals surface area contributed by atoms with Crippen LogP contribution < -0.4 is 4.74 Å². The van der Waals surface area contributed by atoms with E-state index in [0.717, 1.165) is 10.7 Å². The fourth-order valence-corrected chi connectivity index (χ4v) is 2.22. The number of ether oxygens (including phenoxy) is 1. The summed E-state index contributed by atoms with van der Waals surface area (Å²) in [7, 11) is 0. The topological polar surface area (TPSA) is 45.9 Å². The lowest BCUT2D eigenvalue weighted by Gasteiger charge is -2.05. The average Bonchev–Trinajstić information content (AvgIpc) is 2.80. The largest absolute Gasteiger partial charge is 0.490 e. The Hall–Kier alpha value is -1.93. The molecule has 0 bridgehead atoms. The molecule has 18 heavy (non-hydrogen) atoms. The summed E-state index contributed by atoms with van der Waals surface area (Å²) in [6, 6.07) is 8.36. The van der Waals surface area contributed by atoms with Crippen LogP contribution >= 0.6 is 11.3 Å². The van der Waals surface area contributed by atoms with E-state index in [2.05, 4.69) is 11.1 Å². The number of hydrogen-bond donors (Lipinski definition) is 0. The van der Waals surface area contributed by atoms with Gasteiger partial charge in [0, 0.05) is 11.8 Å². The Labute approximate surface area is 108 Å². The van der Waals surface area contributed by atoms with Crippen molar-refractivity contribution in [2.45, 2.75) is 12.8 Å². The highest BCUT2D eigenvalue weighted by atomic mass is 32.1. The molecule has 0 saturated heterocycles. The molecule has 0 amide bonds. The molecule has 0 fully saturated rings. The summed E-state index contributed by atoms with van der Waals surface area (Å²) < 4.78 is 18.6. The number of para-hydroxylation sites is 1. The van der Waals surface area contributed by atoms with Crippen LogP contribution in [0.3, 0.4) is 0 Å². The van der Waals surface area contributed by atoms with Gasteiger partial charge in [0.1, 0.15) is 0 Å². The second-order valence-electron chi connectivity index (χ2n) is 3.60. The molecule has 0 unspecified atom stereocenters. The molecular formula is C13H11FN2OS. The Kier molecular flexibility index (Phi) is 4.26. The van der Waals surface area contributed by atoms with Crippen LogP contribution in [-0.2, 0) is 12.8 Å². The summed E-state index contributed by atoms with van der Waals surface area (Å²) in [6.07, 6.45) is 0.940. The van der Waals surface area contributed by atoms with Crippen molar-refractivity contribution in [3.63, 3.8) is 0 Å². The van der Waals surface area contributed by atoms with E-state index in [1.165, 1.54) is 17.4 Å². The molecule has 1 aromatic carbocycles. The van der Waals surface area contributed by atoms with E-state index < -0.39 is 0 Å². The van der Waals surface area contributed by atoms with E-state index in [1.807, 2.05) is 5.38 Å². The van der Waals surface area contributed by atoms with Gasteiger partial charge in [-0.3, -0.25) is 0 Å². The highest BCUT2D eigenvalue weighted by Crippen LogP contribution is 2.16. The van der Waals surface area contributed by atoms with Crippen molar-refractivity contribution < 1.29 is 9.13 Å². The van der Waals surface area contributed by atoms with Gasteiger partial charge in [-0.15, -0.1) is 11.3 Å². The molecule has 1 heterocycles. The van der Waals surface area contributed by atoms with Crippen molar-refractivity contribution in [1.82, 2.24) is 4.98 Å². The molecule has 5 heteroatoms. The maximum absolute atomic E-state index is 13.2. The van der Waals surface area contributed by atoms with Crippen LogP contribution in [0, 0.1) is 17.1 Å². The monoisotopic (exact) mass is 262 g/mol. The van der Waals surface area contributed by atoms with Crippen molar-refractivity contribution in [1.29, 1.82) is 5.26 Å². The number of benzene rings is 1. The lowest BCUT2D eigenvalue weighted by atomic mass is 10.3. The summed E-state index contributed by atoms with van der Waals surface area (Å²) in [5, 5.41) is 11.3. The van der Waals surface area contributed by atoms with Gasteiger partial charge in [-0.2, -0.15) is 5.26 Å². The van der Waals surface area contributed by atoms with Crippen LogP contribution in [-0.4, -0.2) is 11.6 Å². The smallest absolute Gasteiger partial charge is 0.165 e. The fraction of sp³-hybridized carbons (Fsp3) is 0.231. The Morgan fingerprint density at radius 2 is 2.22 bits per heavy atom. The first-order valence-corrected chi connectivity index (χ1v) is 6.35. The molecule has 0 aliphatic rings. The van der Waals surface area contributed by atoms with Crippen molar-refractivity contribution in [2.75, 3.05) is 6.61 Å². The minimum absolute atomic E-state index is 0.256. The van der Waals surface area contributed by atoms with E-state index >= 15 is 0 Å². The molecule has 0 radical (unpaired) electrons. The van der Waals surface area contributed by atoms with Crippen LogP contribution in [0.25, 0.3) is 0 Å². The van der Waals surface area contributed by atoms with Gasteiger partial charge in [0.05, 0.1) is 29.8 Å². The maximum atomic E-state index is 13.2. The van der Waals surface area contributed by atoms with E-state index in [9.17, 15) is 4.39 Å². The fourth-order valence-electron chi connectivity index (χ4n) is 1.44. The van der Waals surface area contributed by atoms with Crippen LogP contribution in [0.15, 0.2) is 29.6 Å². The minimum Gasteiger partial charge on any atom is -0.490 e. The first kappa shape index (κ1) is 12.5. The number of thiazole rings is 1. The Morgan fingerprint density at radius 3 is 3.00 bits per heavy atom. The van der Waals surface area contributed by atoms with Gasteiger partial charge in [0.2, 0.25) is 0 Å². The molecule has 0 aliphatic carbocycles. The summed E-state index contributed by atoms with van der Waals surface area (Å²) in [5.41, 5.74) is 0.781. The van der Waals surface area contributed by atoms with Crippen LogP contribution in [0.4, 0.5) is 4.39 Å². The molecule has 2 rings (SSSR count). The van der Waals surface area contributed by atoms with Crippen molar-refractivity contribution in [3.8, 4) is 11.8 Å². The van der Waals surface area contributed by atoms with E-state index in [4.69, 9.17) is 10.00 Å². The molecule has 0 saturated carbocycles. The molecule has 0 aliphatic heterocycles. The standard InChI is InChI=1S/C13H11FN2OS/c14-11-3-1-2-4-12(11)17-8-6-13-16-10(5-7-15)9-18-13/h1-4,9H,5-6,8H2. The minimum atomic E-state index is -0.359. The third-order valence-corrected chi connectivity index (χ3v) is 3.23. The van der Waals surface area contributed by atoms with Gasteiger partial charge in [0.15, 0.2) is 11.6 Å². The second kappa shape index (κ2) is 6.12. The predicted octanol–water partition coefficient (Wildman–Crippen LogP) is 2.97. The molecule has 1 aromatic heterocycles. The first-order valence-electron chi connectivity index (χ1n) is 5.47.